The average Bonchev–Trinajstić information content (AvgIpc) is 3.56. The van der Waals surface area contributed by atoms with Gasteiger partial charge in [-0.1, -0.05) is 11.8 Å². The number of aromatic nitrogens is 2. The third kappa shape index (κ3) is 8.48. The van der Waals surface area contributed by atoms with E-state index in [9.17, 15) is 14.4 Å². The number of benzene rings is 2. The Kier molecular flexibility index (Phi) is 11.7. The van der Waals surface area contributed by atoms with Crippen LogP contribution in [0.25, 0.3) is 22.5 Å². The summed E-state index contributed by atoms with van der Waals surface area (Å²) < 4.78 is 15.7. The Hall–Kier alpha value is -3.99. The molecule has 0 spiro atoms. The molecule has 2 aromatic carbocycles. The molecular formula is C39H50N4O6S. The number of methoxy groups -OCH3 is 3. The van der Waals surface area contributed by atoms with Crippen molar-refractivity contribution in [3.8, 4) is 34.0 Å². The van der Waals surface area contributed by atoms with E-state index in [1.54, 1.807) is 26.0 Å². The number of H-pyrrole nitrogens is 1. The first-order chi connectivity index (χ1) is 24.3. The summed E-state index contributed by atoms with van der Waals surface area (Å²) in [5.74, 6) is 4.01. The van der Waals surface area contributed by atoms with Crippen molar-refractivity contribution in [3.63, 3.8) is 0 Å². The molecule has 4 fully saturated rings. The normalized spacial score (nSPS) is 22.5. The van der Waals surface area contributed by atoms with Crippen LogP contribution in [-0.4, -0.2) is 67.4 Å². The zero-order chi connectivity index (χ0) is 35.1. The second-order valence-corrected chi connectivity index (χ2v) is 15.4. The fourth-order valence-electron chi connectivity index (χ4n) is 8.66. The lowest BCUT2D eigenvalue weighted by molar-refractivity contribution is -0.146. The predicted octanol–water partition coefficient (Wildman–Crippen LogP) is 6.79. The van der Waals surface area contributed by atoms with Gasteiger partial charge in [0.1, 0.15) is 17.5 Å². The molecule has 3 aromatic rings. The van der Waals surface area contributed by atoms with Crippen LogP contribution in [0, 0.1) is 23.2 Å². The zero-order valence-electron chi connectivity index (χ0n) is 29.4. The maximum Gasteiger partial charge on any atom is 0.328 e. The molecule has 1 aromatic heterocycles. The summed E-state index contributed by atoms with van der Waals surface area (Å²) in [5.41, 5.74) is 3.51. The highest BCUT2D eigenvalue weighted by atomic mass is 32.2. The zero-order valence-corrected chi connectivity index (χ0v) is 30.2. The summed E-state index contributed by atoms with van der Waals surface area (Å²) in [6.45, 7) is 0.590. The van der Waals surface area contributed by atoms with Crippen molar-refractivity contribution < 1.29 is 28.6 Å². The molecule has 10 nitrogen and oxygen atoms in total. The van der Waals surface area contributed by atoms with Crippen molar-refractivity contribution in [1.82, 2.24) is 20.6 Å². The fraction of sp³-hybridized carbons (Fsp3) is 0.538. The molecule has 268 valence electrons. The van der Waals surface area contributed by atoms with Crippen LogP contribution in [0.4, 0.5) is 0 Å². The number of hydrogen-bond acceptors (Lipinski definition) is 8. The molecule has 0 aliphatic heterocycles. The van der Waals surface area contributed by atoms with Crippen LogP contribution in [-0.2, 0) is 19.1 Å². The van der Waals surface area contributed by atoms with Crippen molar-refractivity contribution >= 4 is 29.5 Å². The molecule has 0 unspecified atom stereocenters. The molecule has 11 heteroatoms. The molecule has 1 heterocycles. The maximum absolute atomic E-state index is 13.2. The van der Waals surface area contributed by atoms with E-state index >= 15 is 0 Å². The van der Waals surface area contributed by atoms with Gasteiger partial charge in [0, 0.05) is 35.3 Å². The summed E-state index contributed by atoms with van der Waals surface area (Å²) in [6, 6.07) is 14.9. The lowest BCUT2D eigenvalue weighted by Crippen LogP contribution is -2.53. The Morgan fingerprint density at radius 1 is 0.860 bits per heavy atom. The number of aromatic amines is 1. The molecule has 4 saturated carbocycles. The summed E-state index contributed by atoms with van der Waals surface area (Å²) >= 11 is 1.55. The highest BCUT2D eigenvalue weighted by molar-refractivity contribution is 7.99. The van der Waals surface area contributed by atoms with E-state index in [1.165, 1.54) is 26.4 Å². The van der Waals surface area contributed by atoms with Crippen LogP contribution in [0.3, 0.4) is 0 Å². The van der Waals surface area contributed by atoms with Crippen molar-refractivity contribution in [2.75, 3.05) is 33.6 Å². The molecular weight excluding hydrogens is 653 g/mol. The number of carbonyl (C=O) groups is 3. The third-order valence-electron chi connectivity index (χ3n) is 10.8. The van der Waals surface area contributed by atoms with Gasteiger partial charge in [0.05, 0.1) is 32.7 Å². The topological polar surface area (TPSA) is 132 Å². The monoisotopic (exact) mass is 702 g/mol. The minimum atomic E-state index is -0.705. The summed E-state index contributed by atoms with van der Waals surface area (Å²) in [5, 5.41) is 6.85. The van der Waals surface area contributed by atoms with Gasteiger partial charge in [-0.05, 0) is 130 Å². The van der Waals surface area contributed by atoms with Crippen LogP contribution >= 0.6 is 11.8 Å². The lowest BCUT2D eigenvalue weighted by atomic mass is 9.49. The number of hydrogen-bond donors (Lipinski definition) is 3. The standard InChI is InChI=1S/C39H50N4O6S/c1-47-30-13-9-28(10-14-30)34-35(29-11-15-31(48-2)16-12-29)43-38(42-34)50-18-6-8-33(44)41-32(36(45)49-3)7-4-5-17-40-37(46)39-22-25-19-26(23-39)21-27(20-25)24-39/h9-16,25-27,32H,4-8,17-24H2,1-3H3,(H,40,46)(H,41,44)(H,42,43)/t25?,26?,27?,32-,39?/m0/s1. The summed E-state index contributed by atoms with van der Waals surface area (Å²) in [7, 11) is 4.63. The van der Waals surface area contributed by atoms with Crippen LogP contribution < -0.4 is 20.1 Å². The Morgan fingerprint density at radius 3 is 2.04 bits per heavy atom. The number of thioether (sulfide) groups is 1. The highest BCUT2D eigenvalue weighted by Crippen LogP contribution is 2.60. The van der Waals surface area contributed by atoms with Gasteiger partial charge in [-0.2, -0.15) is 0 Å². The molecule has 4 aliphatic carbocycles. The van der Waals surface area contributed by atoms with Gasteiger partial charge in [0.15, 0.2) is 5.16 Å². The lowest BCUT2D eigenvalue weighted by Gasteiger charge is -2.55. The van der Waals surface area contributed by atoms with E-state index in [0.717, 1.165) is 82.6 Å². The van der Waals surface area contributed by atoms with Crippen LogP contribution in [0.5, 0.6) is 11.5 Å². The molecule has 2 amide bonds. The molecule has 1 atom stereocenters. The second kappa shape index (κ2) is 16.4. The number of unbranched alkanes of at least 4 members (excludes halogenated alkanes) is 1. The number of carbonyl (C=O) groups excluding carboxylic acids is 3. The second-order valence-electron chi connectivity index (χ2n) is 14.3. The number of esters is 1. The molecule has 0 saturated heterocycles. The van der Waals surface area contributed by atoms with E-state index in [4.69, 9.17) is 19.2 Å². The Bertz CT molecular complexity index is 1520. The Labute approximate surface area is 299 Å². The molecule has 7 rings (SSSR count). The van der Waals surface area contributed by atoms with Crippen LogP contribution in [0.15, 0.2) is 53.7 Å². The third-order valence-corrected chi connectivity index (χ3v) is 11.7. The quantitative estimate of drug-likeness (QED) is 0.0796. The molecule has 4 bridgehead atoms. The van der Waals surface area contributed by atoms with E-state index < -0.39 is 12.0 Å². The van der Waals surface area contributed by atoms with Gasteiger partial charge in [-0.3, -0.25) is 9.59 Å². The van der Waals surface area contributed by atoms with Gasteiger partial charge in [-0.15, -0.1) is 0 Å². The highest BCUT2D eigenvalue weighted by Gasteiger charge is 2.54. The Balaban J connectivity index is 0.956. The maximum atomic E-state index is 13.2. The first kappa shape index (κ1) is 35.8. The van der Waals surface area contributed by atoms with Gasteiger partial charge in [-0.25, -0.2) is 9.78 Å². The SMILES string of the molecule is COC(=O)[C@H](CCCCNC(=O)C12CC3CC(CC(C3)C1)C2)NC(=O)CCCSc1nc(-c2ccc(OC)cc2)c(-c2ccc(OC)cc2)[nH]1. The minimum Gasteiger partial charge on any atom is -0.497 e. The number of rotatable bonds is 17. The number of nitrogens with zero attached hydrogens (tertiary/aromatic N) is 1. The van der Waals surface area contributed by atoms with Gasteiger partial charge >= 0.3 is 5.97 Å². The largest absolute Gasteiger partial charge is 0.497 e. The fourth-order valence-corrected chi connectivity index (χ4v) is 9.47. The number of ether oxygens (including phenoxy) is 3. The summed E-state index contributed by atoms with van der Waals surface area (Å²) in [4.78, 5) is 47.0. The van der Waals surface area contributed by atoms with Crippen molar-refractivity contribution in [2.45, 2.75) is 81.8 Å². The minimum absolute atomic E-state index is 0.149. The smallest absolute Gasteiger partial charge is 0.328 e. The number of amides is 2. The molecule has 3 N–H and O–H groups in total. The first-order valence-corrected chi connectivity index (χ1v) is 18.9. The van der Waals surface area contributed by atoms with E-state index in [-0.39, 0.29) is 23.7 Å². The van der Waals surface area contributed by atoms with Crippen LogP contribution in [0.2, 0.25) is 0 Å². The molecule has 0 radical (unpaired) electrons. The van der Waals surface area contributed by atoms with Crippen molar-refractivity contribution in [2.24, 2.45) is 23.2 Å². The summed E-state index contributed by atoms with van der Waals surface area (Å²) in [6.07, 6.45) is 9.90. The van der Waals surface area contributed by atoms with Gasteiger partial charge in [0.25, 0.3) is 0 Å². The first-order valence-electron chi connectivity index (χ1n) is 18.0. The average molecular weight is 703 g/mol. The van der Waals surface area contributed by atoms with Crippen LogP contribution in [0.1, 0.15) is 70.6 Å². The van der Waals surface area contributed by atoms with E-state index in [0.29, 0.717) is 31.6 Å². The van der Waals surface area contributed by atoms with E-state index in [2.05, 4.69) is 15.6 Å². The van der Waals surface area contributed by atoms with E-state index in [1.807, 2.05) is 48.5 Å². The van der Waals surface area contributed by atoms with Crippen molar-refractivity contribution in [3.05, 3.63) is 48.5 Å². The number of imidazole rings is 1. The van der Waals surface area contributed by atoms with Gasteiger partial charge in [0.2, 0.25) is 11.8 Å². The van der Waals surface area contributed by atoms with Gasteiger partial charge < -0.3 is 29.8 Å². The Morgan fingerprint density at radius 2 is 1.46 bits per heavy atom. The van der Waals surface area contributed by atoms with Crippen molar-refractivity contribution in [1.29, 1.82) is 0 Å². The molecule has 50 heavy (non-hydrogen) atoms. The predicted molar refractivity (Wildman–Crippen MR) is 194 cm³/mol. The number of nitrogens with one attached hydrogen (secondary N) is 3. The molecule has 4 aliphatic rings.